The van der Waals surface area contributed by atoms with E-state index >= 15 is 0 Å². The van der Waals surface area contributed by atoms with Gasteiger partial charge >= 0.3 is 0 Å². The first kappa shape index (κ1) is 18.1. The number of hydrogen-bond acceptors (Lipinski definition) is 3. The average molecular weight is 270 g/mol. The van der Waals surface area contributed by atoms with Gasteiger partial charge in [-0.05, 0) is 32.9 Å². The van der Waals surface area contributed by atoms with Gasteiger partial charge in [0, 0.05) is 18.9 Å². The van der Waals surface area contributed by atoms with Crippen LogP contribution in [-0.2, 0) is 9.59 Å². The van der Waals surface area contributed by atoms with E-state index in [1.54, 1.807) is 0 Å². The van der Waals surface area contributed by atoms with Crippen molar-refractivity contribution in [1.29, 1.82) is 0 Å². The average Bonchev–Trinajstić information content (AvgIpc) is 2.33. The number of carbonyl (C=O) groups excluding carboxylic acids is 2. The number of hydrogen-bond donors (Lipinski definition) is 1. The summed E-state index contributed by atoms with van der Waals surface area (Å²) in [5.74, 6) is 0.577. The lowest BCUT2D eigenvalue weighted by Crippen LogP contribution is -2.35. The van der Waals surface area contributed by atoms with Gasteiger partial charge in [-0.1, -0.05) is 27.2 Å². The molecule has 0 aromatic rings. The molecule has 0 saturated carbocycles. The Labute approximate surface area is 117 Å². The Morgan fingerprint density at radius 1 is 1.16 bits per heavy atom. The summed E-state index contributed by atoms with van der Waals surface area (Å²) in [6, 6.07) is 0. The zero-order valence-electron chi connectivity index (χ0n) is 13.0. The first-order valence-corrected chi connectivity index (χ1v) is 7.45. The number of ketones is 1. The summed E-state index contributed by atoms with van der Waals surface area (Å²) < 4.78 is 0. The summed E-state index contributed by atoms with van der Waals surface area (Å²) in [6.07, 6.45) is 4.62. The van der Waals surface area contributed by atoms with Gasteiger partial charge in [0.05, 0.1) is 6.54 Å². The predicted molar refractivity (Wildman–Crippen MR) is 79.1 cm³/mol. The van der Waals surface area contributed by atoms with Crippen molar-refractivity contribution < 1.29 is 9.59 Å². The molecule has 0 aliphatic heterocycles. The minimum atomic E-state index is 0.0919. The molecule has 4 heteroatoms. The van der Waals surface area contributed by atoms with Gasteiger partial charge in [0.15, 0.2) is 0 Å². The van der Waals surface area contributed by atoms with Crippen LogP contribution in [-0.4, -0.2) is 43.3 Å². The highest BCUT2D eigenvalue weighted by Gasteiger charge is 2.07. The number of amides is 1. The molecule has 19 heavy (non-hydrogen) atoms. The maximum Gasteiger partial charge on any atom is 0.234 e. The molecule has 0 aromatic carbocycles. The molecule has 0 aromatic heterocycles. The van der Waals surface area contributed by atoms with Crippen molar-refractivity contribution in [3.8, 4) is 0 Å². The van der Waals surface area contributed by atoms with Crippen LogP contribution < -0.4 is 5.32 Å². The van der Waals surface area contributed by atoms with E-state index in [1.165, 1.54) is 0 Å². The van der Waals surface area contributed by atoms with Gasteiger partial charge in [-0.15, -0.1) is 0 Å². The van der Waals surface area contributed by atoms with E-state index in [-0.39, 0.29) is 11.8 Å². The molecule has 0 fully saturated rings. The van der Waals surface area contributed by atoms with E-state index in [1.807, 2.05) is 25.8 Å². The quantitative estimate of drug-likeness (QED) is 0.586. The maximum atomic E-state index is 11.6. The number of carbonyl (C=O) groups is 2. The van der Waals surface area contributed by atoms with Crippen molar-refractivity contribution >= 4 is 11.7 Å². The molecule has 0 aliphatic rings. The van der Waals surface area contributed by atoms with Crippen molar-refractivity contribution in [1.82, 2.24) is 10.2 Å². The lowest BCUT2D eigenvalue weighted by Gasteiger charge is -2.14. The molecule has 0 aliphatic carbocycles. The maximum absolute atomic E-state index is 11.6. The summed E-state index contributed by atoms with van der Waals surface area (Å²) >= 11 is 0. The van der Waals surface area contributed by atoms with Gasteiger partial charge in [0.1, 0.15) is 5.78 Å². The second-order valence-electron chi connectivity index (χ2n) is 5.52. The number of unbranched alkanes of at least 4 members (excludes halogenated alkanes) is 2. The number of nitrogens with zero attached hydrogens (tertiary/aromatic N) is 1. The highest BCUT2D eigenvalue weighted by atomic mass is 16.2. The molecule has 4 nitrogen and oxygen atoms in total. The van der Waals surface area contributed by atoms with E-state index in [0.717, 1.165) is 32.2 Å². The van der Waals surface area contributed by atoms with Crippen LogP contribution in [0.3, 0.4) is 0 Å². The van der Waals surface area contributed by atoms with Gasteiger partial charge in [0.2, 0.25) is 5.91 Å². The molecule has 0 rings (SSSR count). The van der Waals surface area contributed by atoms with E-state index in [0.29, 0.717) is 25.3 Å². The monoisotopic (exact) mass is 270 g/mol. The van der Waals surface area contributed by atoms with Gasteiger partial charge < -0.3 is 5.32 Å². The molecular weight excluding hydrogens is 240 g/mol. The molecule has 0 atom stereocenters. The van der Waals surface area contributed by atoms with Crippen molar-refractivity contribution in [2.24, 2.45) is 5.92 Å². The second kappa shape index (κ2) is 11.0. The number of nitrogens with one attached hydrogen (secondary N) is 1. The summed E-state index contributed by atoms with van der Waals surface area (Å²) in [4.78, 5) is 25.0. The minimum absolute atomic E-state index is 0.0919. The van der Waals surface area contributed by atoms with E-state index in [2.05, 4.69) is 12.2 Å². The molecule has 0 radical (unpaired) electrons. The number of likely N-dealkylation sites (N-methyl/N-ethyl adjacent to an activating group) is 1. The first-order valence-electron chi connectivity index (χ1n) is 7.45. The molecule has 0 unspecified atom stereocenters. The van der Waals surface area contributed by atoms with Crippen LogP contribution in [0.15, 0.2) is 0 Å². The molecule has 0 saturated heterocycles. The Hall–Kier alpha value is -0.900. The summed E-state index contributed by atoms with van der Waals surface area (Å²) in [6.45, 7) is 8.12. The third kappa shape index (κ3) is 10.7. The van der Waals surface area contributed by atoms with Crippen molar-refractivity contribution in [3.05, 3.63) is 0 Å². The first-order chi connectivity index (χ1) is 8.97. The molecule has 1 amide bonds. The van der Waals surface area contributed by atoms with Crippen molar-refractivity contribution in [3.63, 3.8) is 0 Å². The van der Waals surface area contributed by atoms with Crippen molar-refractivity contribution in [2.75, 3.05) is 26.7 Å². The lowest BCUT2D eigenvalue weighted by molar-refractivity contribution is -0.123. The van der Waals surface area contributed by atoms with E-state index in [9.17, 15) is 9.59 Å². The Balaban J connectivity index is 3.44. The SMILES string of the molecule is CCCN(C)CC(=O)NCCCCCC(=O)C(C)C. The largest absolute Gasteiger partial charge is 0.355 e. The predicted octanol–water partition coefficient (Wildman–Crippen LogP) is 2.23. The van der Waals surface area contributed by atoms with Crippen LogP contribution >= 0.6 is 0 Å². The Morgan fingerprint density at radius 3 is 2.42 bits per heavy atom. The number of Topliss-reactive ketones (excluding diaryl/α,β-unsaturated/α-hetero) is 1. The van der Waals surface area contributed by atoms with E-state index in [4.69, 9.17) is 0 Å². The van der Waals surface area contributed by atoms with Gasteiger partial charge in [-0.2, -0.15) is 0 Å². The normalized spacial score (nSPS) is 11.1. The summed E-state index contributed by atoms with van der Waals surface area (Å²) in [5.41, 5.74) is 0. The summed E-state index contributed by atoms with van der Waals surface area (Å²) in [7, 11) is 1.96. The van der Waals surface area contributed by atoms with Gasteiger partial charge in [0.25, 0.3) is 0 Å². The highest BCUT2D eigenvalue weighted by molar-refractivity contribution is 5.80. The Morgan fingerprint density at radius 2 is 1.84 bits per heavy atom. The Bertz CT molecular complexity index is 265. The number of rotatable bonds is 11. The zero-order chi connectivity index (χ0) is 14.7. The molecule has 112 valence electrons. The highest BCUT2D eigenvalue weighted by Crippen LogP contribution is 2.05. The van der Waals surface area contributed by atoms with E-state index < -0.39 is 0 Å². The fraction of sp³-hybridized carbons (Fsp3) is 0.867. The van der Waals surface area contributed by atoms with Crippen LogP contribution in [0.1, 0.15) is 52.9 Å². The second-order valence-corrected chi connectivity index (χ2v) is 5.52. The van der Waals surface area contributed by atoms with Crippen LogP contribution in [0.5, 0.6) is 0 Å². The van der Waals surface area contributed by atoms with Gasteiger partial charge in [-0.25, -0.2) is 0 Å². The molecule has 0 heterocycles. The fourth-order valence-corrected chi connectivity index (χ4v) is 1.88. The topological polar surface area (TPSA) is 49.4 Å². The van der Waals surface area contributed by atoms with Crippen LogP contribution in [0.2, 0.25) is 0 Å². The standard InChI is InChI=1S/C15H30N2O2/c1-5-11-17(4)12-15(19)16-10-8-6-7-9-14(18)13(2)3/h13H,5-12H2,1-4H3,(H,16,19). The summed E-state index contributed by atoms with van der Waals surface area (Å²) in [5, 5.41) is 2.92. The smallest absolute Gasteiger partial charge is 0.234 e. The molecular formula is C15H30N2O2. The van der Waals surface area contributed by atoms with Crippen molar-refractivity contribution in [2.45, 2.75) is 52.9 Å². The van der Waals surface area contributed by atoms with Gasteiger partial charge in [-0.3, -0.25) is 14.5 Å². The van der Waals surface area contributed by atoms with Crippen LogP contribution in [0.4, 0.5) is 0 Å². The Kier molecular flexibility index (Phi) is 10.5. The third-order valence-electron chi connectivity index (χ3n) is 3.08. The zero-order valence-corrected chi connectivity index (χ0v) is 13.0. The molecule has 1 N–H and O–H groups in total. The third-order valence-corrected chi connectivity index (χ3v) is 3.08. The lowest BCUT2D eigenvalue weighted by atomic mass is 10.0. The van der Waals surface area contributed by atoms with Crippen LogP contribution in [0.25, 0.3) is 0 Å². The minimum Gasteiger partial charge on any atom is -0.355 e. The molecule has 0 spiro atoms. The fourth-order valence-electron chi connectivity index (χ4n) is 1.88. The molecule has 0 bridgehead atoms. The van der Waals surface area contributed by atoms with Crippen LogP contribution in [0, 0.1) is 5.92 Å².